The maximum Gasteiger partial charge on any atom is 0.226 e. The molecule has 2 aliphatic carbocycles. The predicted octanol–water partition coefficient (Wildman–Crippen LogP) is 4.05. The van der Waals surface area contributed by atoms with E-state index in [1.807, 2.05) is 11.9 Å². The van der Waals surface area contributed by atoms with Crippen LogP contribution in [0.4, 0.5) is 0 Å². The van der Waals surface area contributed by atoms with Crippen LogP contribution in [0.1, 0.15) is 62.6 Å². The fourth-order valence-corrected chi connectivity index (χ4v) is 4.96. The van der Waals surface area contributed by atoms with Crippen molar-refractivity contribution < 1.29 is 4.79 Å². The van der Waals surface area contributed by atoms with Gasteiger partial charge in [0, 0.05) is 24.3 Å². The lowest BCUT2D eigenvalue weighted by atomic mass is 9.91. The number of hydrogen-bond acceptors (Lipinski definition) is 3. The number of amides is 1. The van der Waals surface area contributed by atoms with Crippen molar-refractivity contribution in [3.8, 4) is 0 Å². The Kier molecular flexibility index (Phi) is 4.34. The van der Waals surface area contributed by atoms with Gasteiger partial charge >= 0.3 is 0 Å². The normalized spacial score (nSPS) is 28.1. The second kappa shape index (κ2) is 6.07. The van der Waals surface area contributed by atoms with Crippen molar-refractivity contribution in [2.75, 3.05) is 7.05 Å². The minimum absolute atomic E-state index is 0.283. The number of carbonyl (C=O) groups excluding carboxylic acids is 1. The second-order valence-electron chi connectivity index (χ2n) is 7.06. The molecule has 2 aliphatic rings. The first kappa shape index (κ1) is 15.0. The van der Waals surface area contributed by atoms with Crippen LogP contribution < -0.4 is 0 Å². The first-order valence-corrected chi connectivity index (χ1v) is 9.13. The second-order valence-corrected chi connectivity index (χ2v) is 7.95. The number of carbonyl (C=O) groups is 1. The third-order valence-electron chi connectivity index (χ3n) is 5.24. The Bertz CT molecular complexity index is 511. The van der Waals surface area contributed by atoms with Gasteiger partial charge in [0.15, 0.2) is 0 Å². The summed E-state index contributed by atoms with van der Waals surface area (Å²) in [4.78, 5) is 19.3. The zero-order chi connectivity index (χ0) is 15.0. The van der Waals surface area contributed by atoms with Crippen molar-refractivity contribution in [3.63, 3.8) is 0 Å². The monoisotopic (exact) mass is 306 g/mol. The summed E-state index contributed by atoms with van der Waals surface area (Å²) in [5, 5.41) is 3.27. The molecular formula is C17H26N2OS. The summed E-state index contributed by atoms with van der Waals surface area (Å²) in [6.07, 6.45) is 6.31. The minimum atomic E-state index is 0.283. The van der Waals surface area contributed by atoms with Gasteiger partial charge in [-0.2, -0.15) is 0 Å². The molecule has 3 atom stereocenters. The molecule has 0 spiro atoms. The van der Waals surface area contributed by atoms with Crippen LogP contribution in [-0.2, 0) is 11.3 Å². The Morgan fingerprint density at radius 2 is 2.19 bits per heavy atom. The summed E-state index contributed by atoms with van der Waals surface area (Å²) in [6, 6.07) is 0. The van der Waals surface area contributed by atoms with E-state index < -0.39 is 0 Å². The maximum absolute atomic E-state index is 12.7. The Morgan fingerprint density at radius 1 is 1.38 bits per heavy atom. The molecule has 21 heavy (non-hydrogen) atoms. The Morgan fingerprint density at radius 3 is 2.90 bits per heavy atom. The largest absolute Gasteiger partial charge is 0.340 e. The molecule has 2 saturated carbocycles. The van der Waals surface area contributed by atoms with E-state index in [1.54, 1.807) is 11.3 Å². The van der Waals surface area contributed by atoms with Crippen molar-refractivity contribution in [2.24, 2.45) is 17.8 Å². The van der Waals surface area contributed by atoms with Gasteiger partial charge in [0.25, 0.3) is 0 Å². The number of rotatable bonds is 4. The molecule has 3 rings (SSSR count). The van der Waals surface area contributed by atoms with Gasteiger partial charge in [-0.25, -0.2) is 4.98 Å². The Labute approximate surface area is 131 Å². The van der Waals surface area contributed by atoms with E-state index in [1.165, 1.54) is 30.7 Å². The van der Waals surface area contributed by atoms with Crippen molar-refractivity contribution in [2.45, 2.75) is 58.4 Å². The van der Waals surface area contributed by atoms with E-state index in [-0.39, 0.29) is 5.92 Å². The van der Waals surface area contributed by atoms with Crippen molar-refractivity contribution >= 4 is 17.2 Å². The van der Waals surface area contributed by atoms with Crippen LogP contribution in [-0.4, -0.2) is 22.8 Å². The molecule has 3 nitrogen and oxygen atoms in total. The van der Waals surface area contributed by atoms with Crippen molar-refractivity contribution in [1.82, 2.24) is 9.88 Å². The van der Waals surface area contributed by atoms with E-state index in [0.29, 0.717) is 24.3 Å². The average molecular weight is 306 g/mol. The highest BCUT2D eigenvalue weighted by Gasteiger charge is 2.43. The molecule has 1 aromatic rings. The van der Waals surface area contributed by atoms with Gasteiger partial charge in [0.1, 0.15) is 0 Å². The molecule has 0 aromatic carbocycles. The van der Waals surface area contributed by atoms with Gasteiger partial charge in [0.05, 0.1) is 17.2 Å². The Balaban J connectivity index is 1.61. The smallest absolute Gasteiger partial charge is 0.226 e. The fourth-order valence-electron chi connectivity index (χ4n) is 4.13. The van der Waals surface area contributed by atoms with Crippen LogP contribution in [0.25, 0.3) is 0 Å². The van der Waals surface area contributed by atoms with Crippen LogP contribution in [0, 0.1) is 17.8 Å². The quantitative estimate of drug-likeness (QED) is 0.840. The lowest BCUT2D eigenvalue weighted by Gasteiger charge is -2.24. The van der Waals surface area contributed by atoms with Gasteiger partial charge in [0.2, 0.25) is 5.91 Å². The van der Waals surface area contributed by atoms with Crippen LogP contribution in [0.2, 0.25) is 0 Å². The molecule has 116 valence electrons. The molecular weight excluding hydrogens is 280 g/mol. The molecule has 0 unspecified atom stereocenters. The third kappa shape index (κ3) is 3.01. The molecule has 0 aliphatic heterocycles. The first-order valence-electron chi connectivity index (χ1n) is 8.25. The maximum atomic E-state index is 12.7. The highest BCUT2D eigenvalue weighted by atomic mass is 32.1. The molecule has 2 fully saturated rings. The molecule has 1 heterocycles. The van der Waals surface area contributed by atoms with Crippen LogP contribution in [0.15, 0.2) is 5.38 Å². The third-order valence-corrected chi connectivity index (χ3v) is 6.43. The van der Waals surface area contributed by atoms with Gasteiger partial charge in [-0.15, -0.1) is 11.3 Å². The van der Waals surface area contributed by atoms with Crippen molar-refractivity contribution in [3.05, 3.63) is 16.1 Å². The minimum Gasteiger partial charge on any atom is -0.340 e. The number of hydrogen-bond donors (Lipinski definition) is 0. The SMILES string of the molecule is CC(C)c1nc(CN(C)C(=O)[C@H]2CC[C@@H]3CCC[C@@H]32)cs1. The summed E-state index contributed by atoms with van der Waals surface area (Å²) in [5.41, 5.74) is 1.04. The summed E-state index contributed by atoms with van der Waals surface area (Å²) >= 11 is 1.71. The number of fused-ring (bicyclic) bond motifs is 1. The molecule has 0 saturated heterocycles. The van der Waals surface area contributed by atoms with Crippen molar-refractivity contribution in [1.29, 1.82) is 0 Å². The molecule has 0 radical (unpaired) electrons. The van der Waals surface area contributed by atoms with Gasteiger partial charge < -0.3 is 4.90 Å². The molecule has 4 heteroatoms. The van der Waals surface area contributed by atoms with E-state index in [4.69, 9.17) is 0 Å². The zero-order valence-electron chi connectivity index (χ0n) is 13.3. The van der Waals surface area contributed by atoms with Crippen LogP contribution in [0.5, 0.6) is 0 Å². The fraction of sp³-hybridized carbons (Fsp3) is 0.765. The number of thiazole rings is 1. The standard InChI is InChI=1S/C17H26N2OS/c1-11(2)16-18-13(10-21-16)9-19(3)17(20)15-8-7-12-5-4-6-14(12)15/h10-12,14-15H,4-9H2,1-3H3/t12-,14-,15-/m0/s1. The Hall–Kier alpha value is -0.900. The topological polar surface area (TPSA) is 33.2 Å². The van der Waals surface area contributed by atoms with E-state index in [9.17, 15) is 4.79 Å². The van der Waals surface area contributed by atoms with Gasteiger partial charge in [-0.05, 0) is 31.1 Å². The summed E-state index contributed by atoms with van der Waals surface area (Å²) < 4.78 is 0. The lowest BCUT2D eigenvalue weighted by Crippen LogP contribution is -2.34. The van der Waals surface area contributed by atoms with Gasteiger partial charge in [-0.1, -0.05) is 26.7 Å². The van der Waals surface area contributed by atoms with Gasteiger partial charge in [-0.3, -0.25) is 4.79 Å². The summed E-state index contributed by atoms with van der Waals surface area (Å²) in [5.74, 6) is 2.61. The number of nitrogens with zero attached hydrogens (tertiary/aromatic N) is 2. The molecule has 1 aromatic heterocycles. The van der Waals surface area contributed by atoms with Crippen LogP contribution >= 0.6 is 11.3 Å². The van der Waals surface area contributed by atoms with E-state index in [2.05, 4.69) is 24.2 Å². The number of aromatic nitrogens is 1. The highest BCUT2D eigenvalue weighted by molar-refractivity contribution is 7.09. The lowest BCUT2D eigenvalue weighted by molar-refractivity contribution is -0.136. The predicted molar refractivity (Wildman–Crippen MR) is 86.2 cm³/mol. The summed E-state index contributed by atoms with van der Waals surface area (Å²) in [6.45, 7) is 4.99. The van der Waals surface area contributed by atoms with E-state index >= 15 is 0 Å². The highest BCUT2D eigenvalue weighted by Crippen LogP contribution is 2.48. The molecule has 0 N–H and O–H groups in total. The summed E-state index contributed by atoms with van der Waals surface area (Å²) in [7, 11) is 1.94. The van der Waals surface area contributed by atoms with E-state index in [0.717, 1.165) is 18.0 Å². The molecule has 0 bridgehead atoms. The zero-order valence-corrected chi connectivity index (χ0v) is 14.2. The average Bonchev–Trinajstić information content (AvgIpc) is 3.13. The van der Waals surface area contributed by atoms with Crippen LogP contribution in [0.3, 0.4) is 0 Å². The molecule has 1 amide bonds. The first-order chi connectivity index (χ1) is 10.1.